The first kappa shape index (κ1) is 16.6. The molecule has 2 heterocycles. The summed E-state index contributed by atoms with van der Waals surface area (Å²) in [5, 5.41) is 11.5. The molecule has 0 aliphatic carbocycles. The Morgan fingerprint density at radius 1 is 1.30 bits per heavy atom. The summed E-state index contributed by atoms with van der Waals surface area (Å²) in [4.78, 5) is 28.1. The predicted octanol–water partition coefficient (Wildman–Crippen LogP) is 1.73. The van der Waals surface area contributed by atoms with Crippen molar-refractivity contribution in [2.24, 2.45) is 5.92 Å². The molecular formula is C15H18FN5O2. The molecule has 7 nitrogen and oxygen atoms in total. The second kappa shape index (κ2) is 7.48. The number of nitrogens with zero attached hydrogens (tertiary/aromatic N) is 2. The summed E-state index contributed by atoms with van der Waals surface area (Å²) in [6, 6.07) is 2.07. The molecule has 0 aliphatic heterocycles. The molecule has 0 bridgehead atoms. The molecule has 0 aliphatic rings. The van der Waals surface area contributed by atoms with E-state index in [1.165, 1.54) is 18.5 Å². The van der Waals surface area contributed by atoms with Crippen LogP contribution in [0.3, 0.4) is 0 Å². The third kappa shape index (κ3) is 4.60. The number of aromatic amines is 1. The Morgan fingerprint density at radius 3 is 2.70 bits per heavy atom. The Balaban J connectivity index is 2.10. The minimum Gasteiger partial charge on any atom is -0.340 e. The molecular weight excluding hydrogens is 301 g/mol. The summed E-state index contributed by atoms with van der Waals surface area (Å²) in [5.74, 6) is -1.20. The van der Waals surface area contributed by atoms with Gasteiger partial charge in [0.25, 0.3) is 5.91 Å². The minimum absolute atomic E-state index is 0.150. The van der Waals surface area contributed by atoms with Gasteiger partial charge in [-0.25, -0.2) is 4.39 Å². The average molecular weight is 319 g/mol. The third-order valence-corrected chi connectivity index (χ3v) is 3.10. The lowest BCUT2D eigenvalue weighted by molar-refractivity contribution is -0.118. The maximum absolute atomic E-state index is 13.6. The number of hydrogen-bond acceptors (Lipinski definition) is 4. The Morgan fingerprint density at radius 2 is 2.09 bits per heavy atom. The number of hydrogen-bond donors (Lipinski definition) is 3. The highest BCUT2D eigenvalue weighted by Gasteiger charge is 2.24. The number of H-pyrrole nitrogens is 1. The maximum atomic E-state index is 13.6. The monoisotopic (exact) mass is 319 g/mol. The number of pyridine rings is 1. The maximum Gasteiger partial charge on any atom is 0.255 e. The van der Waals surface area contributed by atoms with Gasteiger partial charge in [0.2, 0.25) is 5.91 Å². The fraction of sp³-hybridized carbons (Fsp3) is 0.333. The van der Waals surface area contributed by atoms with Gasteiger partial charge in [-0.1, -0.05) is 13.8 Å². The highest BCUT2D eigenvalue weighted by Crippen LogP contribution is 2.10. The van der Waals surface area contributed by atoms with Crippen molar-refractivity contribution in [1.82, 2.24) is 20.5 Å². The molecule has 2 amide bonds. The predicted molar refractivity (Wildman–Crippen MR) is 82.1 cm³/mol. The van der Waals surface area contributed by atoms with Gasteiger partial charge in [-0.05, 0) is 18.4 Å². The second-order valence-corrected chi connectivity index (χ2v) is 5.47. The van der Waals surface area contributed by atoms with Crippen LogP contribution in [0.25, 0.3) is 0 Å². The summed E-state index contributed by atoms with van der Waals surface area (Å²) in [7, 11) is 0. The SMILES string of the molecule is CC(C)C[C@@H](NC(=O)c1ccncc1F)C(=O)Nc1ccn[nH]1. The van der Waals surface area contributed by atoms with Crippen LogP contribution in [0.1, 0.15) is 30.6 Å². The van der Waals surface area contributed by atoms with Gasteiger partial charge in [-0.15, -0.1) is 0 Å². The molecule has 1 atom stereocenters. The minimum atomic E-state index is -0.793. The quantitative estimate of drug-likeness (QED) is 0.755. The lowest BCUT2D eigenvalue weighted by Crippen LogP contribution is -2.44. The average Bonchev–Trinajstić information content (AvgIpc) is 2.99. The van der Waals surface area contributed by atoms with Crippen molar-refractivity contribution in [3.8, 4) is 0 Å². The normalized spacial score (nSPS) is 12.0. The molecule has 2 rings (SSSR count). The molecule has 3 N–H and O–H groups in total. The van der Waals surface area contributed by atoms with Gasteiger partial charge in [0, 0.05) is 12.3 Å². The lowest BCUT2D eigenvalue weighted by atomic mass is 10.0. The number of carbonyl (C=O) groups excluding carboxylic acids is 2. The van der Waals surface area contributed by atoms with E-state index in [9.17, 15) is 14.0 Å². The van der Waals surface area contributed by atoms with E-state index < -0.39 is 23.7 Å². The topological polar surface area (TPSA) is 99.8 Å². The van der Waals surface area contributed by atoms with Crippen molar-refractivity contribution in [3.05, 3.63) is 42.1 Å². The first-order chi connectivity index (χ1) is 11.0. The number of amides is 2. The third-order valence-electron chi connectivity index (χ3n) is 3.10. The van der Waals surface area contributed by atoms with Gasteiger partial charge in [0.1, 0.15) is 11.9 Å². The number of carbonyl (C=O) groups is 2. The molecule has 0 saturated carbocycles. The van der Waals surface area contributed by atoms with E-state index in [1.54, 1.807) is 6.07 Å². The largest absolute Gasteiger partial charge is 0.340 e. The molecule has 0 fully saturated rings. The van der Waals surface area contributed by atoms with Crippen molar-refractivity contribution >= 4 is 17.6 Å². The van der Waals surface area contributed by atoms with Crippen LogP contribution in [0.4, 0.5) is 10.2 Å². The number of halogens is 1. The van der Waals surface area contributed by atoms with Crippen LogP contribution in [0.2, 0.25) is 0 Å². The Bertz CT molecular complexity index is 672. The van der Waals surface area contributed by atoms with Gasteiger partial charge < -0.3 is 10.6 Å². The van der Waals surface area contributed by atoms with Gasteiger partial charge in [0.05, 0.1) is 18.0 Å². The second-order valence-electron chi connectivity index (χ2n) is 5.47. The highest BCUT2D eigenvalue weighted by molar-refractivity contribution is 6.00. The molecule has 8 heteroatoms. The molecule has 0 spiro atoms. The number of aromatic nitrogens is 3. The molecule has 0 aromatic carbocycles. The smallest absolute Gasteiger partial charge is 0.255 e. The zero-order chi connectivity index (χ0) is 16.8. The zero-order valence-corrected chi connectivity index (χ0v) is 12.8. The van der Waals surface area contributed by atoms with Crippen LogP contribution in [0.15, 0.2) is 30.7 Å². The van der Waals surface area contributed by atoms with Gasteiger partial charge in [-0.2, -0.15) is 5.10 Å². The van der Waals surface area contributed by atoms with E-state index in [0.29, 0.717) is 12.2 Å². The van der Waals surface area contributed by atoms with E-state index in [2.05, 4.69) is 25.8 Å². The van der Waals surface area contributed by atoms with Crippen LogP contribution in [-0.4, -0.2) is 33.0 Å². The van der Waals surface area contributed by atoms with Crippen molar-refractivity contribution in [2.75, 3.05) is 5.32 Å². The number of anilines is 1. The summed E-state index contributed by atoms with van der Waals surface area (Å²) in [6.07, 6.45) is 4.19. The first-order valence-corrected chi connectivity index (χ1v) is 7.18. The Kier molecular flexibility index (Phi) is 5.40. The standard InChI is InChI=1S/C15H18FN5O2/c1-9(2)7-12(15(23)20-13-4-6-18-21-13)19-14(22)10-3-5-17-8-11(10)16/h3-6,8-9,12H,7H2,1-2H3,(H,19,22)(H2,18,20,21,23)/t12-/m1/s1. The molecule has 0 saturated heterocycles. The molecule has 2 aromatic heterocycles. The van der Waals surface area contributed by atoms with Crippen molar-refractivity contribution in [1.29, 1.82) is 0 Å². The van der Waals surface area contributed by atoms with E-state index in [1.807, 2.05) is 13.8 Å². The summed E-state index contributed by atoms with van der Waals surface area (Å²) in [6.45, 7) is 3.85. The first-order valence-electron chi connectivity index (χ1n) is 7.18. The van der Waals surface area contributed by atoms with E-state index in [0.717, 1.165) is 6.20 Å². The van der Waals surface area contributed by atoms with Crippen molar-refractivity contribution in [3.63, 3.8) is 0 Å². The van der Waals surface area contributed by atoms with E-state index >= 15 is 0 Å². The van der Waals surface area contributed by atoms with Crippen molar-refractivity contribution < 1.29 is 14.0 Å². The molecule has 122 valence electrons. The van der Waals surface area contributed by atoms with Crippen molar-refractivity contribution in [2.45, 2.75) is 26.3 Å². The Labute approximate surface area is 132 Å². The summed E-state index contributed by atoms with van der Waals surface area (Å²) < 4.78 is 13.6. The summed E-state index contributed by atoms with van der Waals surface area (Å²) >= 11 is 0. The fourth-order valence-corrected chi connectivity index (χ4v) is 2.04. The fourth-order valence-electron chi connectivity index (χ4n) is 2.04. The molecule has 2 aromatic rings. The van der Waals surface area contributed by atoms with Crippen LogP contribution in [0, 0.1) is 11.7 Å². The highest BCUT2D eigenvalue weighted by atomic mass is 19.1. The van der Waals surface area contributed by atoms with Crippen LogP contribution in [0.5, 0.6) is 0 Å². The van der Waals surface area contributed by atoms with Crippen LogP contribution in [-0.2, 0) is 4.79 Å². The molecule has 23 heavy (non-hydrogen) atoms. The number of rotatable bonds is 6. The zero-order valence-electron chi connectivity index (χ0n) is 12.8. The lowest BCUT2D eigenvalue weighted by Gasteiger charge is -2.19. The summed E-state index contributed by atoms with van der Waals surface area (Å²) in [5.41, 5.74) is -0.150. The molecule has 0 radical (unpaired) electrons. The van der Waals surface area contributed by atoms with E-state index in [-0.39, 0.29) is 11.5 Å². The van der Waals surface area contributed by atoms with Crippen LogP contribution >= 0.6 is 0 Å². The van der Waals surface area contributed by atoms with E-state index in [4.69, 9.17) is 0 Å². The van der Waals surface area contributed by atoms with Gasteiger partial charge in [-0.3, -0.25) is 19.7 Å². The number of nitrogens with one attached hydrogen (secondary N) is 3. The Hall–Kier alpha value is -2.77. The van der Waals surface area contributed by atoms with Crippen LogP contribution < -0.4 is 10.6 Å². The van der Waals surface area contributed by atoms with Gasteiger partial charge in [0.15, 0.2) is 5.82 Å². The van der Waals surface area contributed by atoms with Gasteiger partial charge >= 0.3 is 0 Å². The molecule has 0 unspecified atom stereocenters.